The largest absolute Gasteiger partial charge is 0.367 e. The number of likely N-dealkylation sites (tertiary alicyclic amines) is 1. The van der Waals surface area contributed by atoms with E-state index in [1.807, 2.05) is 39.8 Å². The third-order valence-corrected chi connectivity index (χ3v) is 8.98. The molecule has 1 aromatic carbocycles. The molecule has 3 aliphatic heterocycles. The van der Waals surface area contributed by atoms with Gasteiger partial charge in [-0.1, -0.05) is 37.6 Å². The van der Waals surface area contributed by atoms with E-state index in [2.05, 4.69) is 33.6 Å². The fraction of sp³-hybridized carbons (Fsp3) is 0.548. The van der Waals surface area contributed by atoms with Gasteiger partial charge in [-0.05, 0) is 45.4 Å². The van der Waals surface area contributed by atoms with Crippen LogP contribution in [0.3, 0.4) is 0 Å². The standard InChI is InChI=1S/C31H41N5O4S/c1-19(2)14-23-16-36(27-26(37)17-40-28(23)27)30(39)24(15-20(3)4)32-29(38)22-8-6-21(7-9-22)25-18-41-31(33-25)35-12-10-34(5)11-13-35/h6-9,14,18,20,23-24,27-28H,10-13,15-17H2,1-5H3,(H,32,38). The zero-order chi connectivity index (χ0) is 29.3. The summed E-state index contributed by atoms with van der Waals surface area (Å²) in [7, 11) is 2.14. The molecular formula is C31H41N5O4S. The lowest BCUT2D eigenvalue weighted by Crippen LogP contribution is -2.52. The number of ether oxygens (including phenoxy) is 1. The summed E-state index contributed by atoms with van der Waals surface area (Å²) in [6.07, 6.45) is 2.23. The lowest BCUT2D eigenvalue weighted by atomic mass is 9.99. The van der Waals surface area contributed by atoms with Crippen molar-refractivity contribution in [3.8, 4) is 11.3 Å². The molecule has 0 aliphatic carbocycles. The fourth-order valence-corrected chi connectivity index (χ4v) is 6.85. The van der Waals surface area contributed by atoms with Crippen LogP contribution in [-0.4, -0.2) is 96.9 Å². The lowest BCUT2D eigenvalue weighted by molar-refractivity contribution is -0.138. The summed E-state index contributed by atoms with van der Waals surface area (Å²) < 4.78 is 5.80. The Hall–Kier alpha value is -3.08. The minimum Gasteiger partial charge on any atom is -0.367 e. The Labute approximate surface area is 246 Å². The molecule has 220 valence electrons. The molecule has 4 atom stereocenters. The molecule has 1 N–H and O–H groups in total. The molecule has 41 heavy (non-hydrogen) atoms. The highest BCUT2D eigenvalue weighted by atomic mass is 32.1. The highest BCUT2D eigenvalue weighted by Crippen LogP contribution is 2.34. The average Bonchev–Trinajstić information content (AvgIpc) is 3.66. The second-order valence-corrected chi connectivity index (χ2v) is 13.0. The molecule has 0 radical (unpaired) electrons. The van der Waals surface area contributed by atoms with Crippen LogP contribution in [0.25, 0.3) is 11.3 Å². The number of hydrogen-bond acceptors (Lipinski definition) is 8. The van der Waals surface area contributed by atoms with Crippen LogP contribution >= 0.6 is 11.3 Å². The first-order chi connectivity index (χ1) is 19.6. The molecule has 0 spiro atoms. The number of thiazole rings is 1. The number of carbonyl (C=O) groups is 3. The molecular weight excluding hydrogens is 538 g/mol. The molecule has 4 unspecified atom stereocenters. The van der Waals surface area contributed by atoms with Crippen molar-refractivity contribution in [1.82, 2.24) is 20.1 Å². The molecule has 0 bridgehead atoms. The molecule has 9 nitrogen and oxygen atoms in total. The van der Waals surface area contributed by atoms with Gasteiger partial charge in [-0.15, -0.1) is 11.3 Å². The molecule has 10 heteroatoms. The van der Waals surface area contributed by atoms with E-state index >= 15 is 0 Å². The Balaban J connectivity index is 1.27. The minimum absolute atomic E-state index is 0.0234. The average molecular weight is 580 g/mol. The number of Topliss-reactive ketones (excluding diaryl/α,β-unsaturated/α-hetero) is 1. The van der Waals surface area contributed by atoms with E-state index in [9.17, 15) is 14.4 Å². The second kappa shape index (κ2) is 12.4. The van der Waals surface area contributed by atoms with Crippen LogP contribution in [-0.2, 0) is 14.3 Å². The zero-order valence-corrected chi connectivity index (χ0v) is 25.4. The highest BCUT2D eigenvalue weighted by Gasteiger charge is 2.52. The van der Waals surface area contributed by atoms with E-state index in [0.29, 0.717) is 18.5 Å². The van der Waals surface area contributed by atoms with Crippen molar-refractivity contribution >= 4 is 34.1 Å². The van der Waals surface area contributed by atoms with E-state index in [1.165, 1.54) is 0 Å². The summed E-state index contributed by atoms with van der Waals surface area (Å²) in [4.78, 5) is 51.0. The Bertz CT molecular complexity index is 1290. The summed E-state index contributed by atoms with van der Waals surface area (Å²) >= 11 is 1.64. The van der Waals surface area contributed by atoms with E-state index in [1.54, 1.807) is 28.4 Å². The monoisotopic (exact) mass is 579 g/mol. The van der Waals surface area contributed by atoms with Crippen molar-refractivity contribution in [2.24, 2.45) is 11.8 Å². The van der Waals surface area contributed by atoms with Crippen molar-refractivity contribution in [1.29, 1.82) is 0 Å². The molecule has 3 saturated heterocycles. The molecule has 5 rings (SSSR count). The van der Waals surface area contributed by atoms with Crippen molar-refractivity contribution in [3.05, 3.63) is 46.9 Å². The number of amides is 2. The summed E-state index contributed by atoms with van der Waals surface area (Å²) in [5, 5.41) is 6.06. The number of rotatable bonds is 8. The number of piperazine rings is 1. The Morgan fingerprint density at radius 2 is 1.85 bits per heavy atom. The van der Waals surface area contributed by atoms with Gasteiger partial charge in [0.15, 0.2) is 10.9 Å². The van der Waals surface area contributed by atoms with Gasteiger partial charge in [0.1, 0.15) is 18.7 Å². The maximum atomic E-state index is 13.8. The summed E-state index contributed by atoms with van der Waals surface area (Å²) in [5.41, 5.74) is 3.43. The number of fused-ring (bicyclic) bond motifs is 1. The first kappa shape index (κ1) is 29.4. The molecule has 2 amide bonds. The van der Waals surface area contributed by atoms with Crippen LogP contribution in [0, 0.1) is 11.8 Å². The number of ketones is 1. The van der Waals surface area contributed by atoms with Gasteiger partial charge in [-0.25, -0.2) is 4.98 Å². The van der Waals surface area contributed by atoms with E-state index < -0.39 is 12.1 Å². The number of hydrogen-bond donors (Lipinski definition) is 1. The van der Waals surface area contributed by atoms with Crippen LogP contribution in [0.15, 0.2) is 41.3 Å². The Morgan fingerprint density at radius 3 is 2.51 bits per heavy atom. The fourth-order valence-electron chi connectivity index (χ4n) is 5.96. The number of nitrogens with one attached hydrogen (secondary N) is 1. The number of carbonyl (C=O) groups excluding carboxylic acids is 3. The normalized spacial score (nSPS) is 23.6. The molecule has 4 heterocycles. The van der Waals surface area contributed by atoms with Gasteiger partial charge >= 0.3 is 0 Å². The van der Waals surface area contributed by atoms with Crippen LogP contribution in [0.1, 0.15) is 44.5 Å². The molecule has 3 aliphatic rings. The maximum Gasteiger partial charge on any atom is 0.251 e. The highest BCUT2D eigenvalue weighted by molar-refractivity contribution is 7.14. The van der Waals surface area contributed by atoms with E-state index in [0.717, 1.165) is 48.1 Å². The van der Waals surface area contributed by atoms with Crippen molar-refractivity contribution in [2.45, 2.75) is 52.3 Å². The van der Waals surface area contributed by atoms with Crippen LogP contribution in [0.5, 0.6) is 0 Å². The molecule has 2 aromatic rings. The van der Waals surface area contributed by atoms with Gasteiger partial charge in [0.05, 0.1) is 11.8 Å². The van der Waals surface area contributed by atoms with Crippen LogP contribution < -0.4 is 10.2 Å². The van der Waals surface area contributed by atoms with Crippen LogP contribution in [0.4, 0.5) is 5.13 Å². The van der Waals surface area contributed by atoms with Gasteiger partial charge in [0.25, 0.3) is 5.91 Å². The number of anilines is 1. The number of nitrogens with zero attached hydrogens (tertiary/aromatic N) is 4. The van der Waals surface area contributed by atoms with E-state index in [-0.39, 0.29) is 42.1 Å². The summed E-state index contributed by atoms with van der Waals surface area (Å²) in [6.45, 7) is 12.5. The van der Waals surface area contributed by atoms with Gasteiger partial charge in [-0.2, -0.15) is 0 Å². The SMILES string of the molecule is CC(C)=CC1CN(C(=O)C(CC(C)C)NC(=O)c2ccc(-c3csc(N4CCN(C)CC4)n3)cc2)C2C(=O)COC12. The van der Waals surface area contributed by atoms with Gasteiger partial charge in [0.2, 0.25) is 5.91 Å². The summed E-state index contributed by atoms with van der Waals surface area (Å²) in [6, 6.07) is 6.04. The maximum absolute atomic E-state index is 13.8. The topological polar surface area (TPSA) is 95.1 Å². The summed E-state index contributed by atoms with van der Waals surface area (Å²) in [5.74, 6) is -0.464. The predicted molar refractivity (Wildman–Crippen MR) is 161 cm³/mol. The Morgan fingerprint density at radius 1 is 1.15 bits per heavy atom. The lowest BCUT2D eigenvalue weighted by Gasteiger charge is -2.32. The number of likely N-dealkylation sites (N-methyl/N-ethyl adjacent to an activating group) is 1. The first-order valence-corrected chi connectivity index (χ1v) is 15.4. The number of aromatic nitrogens is 1. The second-order valence-electron chi connectivity index (χ2n) is 12.1. The predicted octanol–water partition coefficient (Wildman–Crippen LogP) is 3.47. The van der Waals surface area contributed by atoms with Crippen LogP contribution in [0.2, 0.25) is 0 Å². The Kier molecular flexibility index (Phi) is 8.91. The molecule has 0 saturated carbocycles. The minimum atomic E-state index is -0.730. The number of allylic oxidation sites excluding steroid dienone is 1. The quantitative estimate of drug-likeness (QED) is 0.479. The molecule has 1 aromatic heterocycles. The molecule has 3 fully saturated rings. The van der Waals surface area contributed by atoms with Crippen molar-refractivity contribution < 1.29 is 19.1 Å². The third kappa shape index (κ3) is 6.55. The van der Waals surface area contributed by atoms with Crippen molar-refractivity contribution in [3.63, 3.8) is 0 Å². The smallest absolute Gasteiger partial charge is 0.251 e. The van der Waals surface area contributed by atoms with Gasteiger partial charge in [0, 0.05) is 55.1 Å². The van der Waals surface area contributed by atoms with Crippen molar-refractivity contribution in [2.75, 3.05) is 51.3 Å². The van der Waals surface area contributed by atoms with Gasteiger partial charge < -0.3 is 24.8 Å². The third-order valence-electron chi connectivity index (χ3n) is 8.07. The first-order valence-electron chi connectivity index (χ1n) is 14.5. The van der Waals surface area contributed by atoms with Gasteiger partial charge in [-0.3, -0.25) is 14.4 Å². The number of benzene rings is 1. The van der Waals surface area contributed by atoms with E-state index in [4.69, 9.17) is 9.72 Å². The zero-order valence-electron chi connectivity index (χ0n) is 24.6.